The second-order valence-electron chi connectivity index (χ2n) is 6.18. The van der Waals surface area contributed by atoms with Crippen LogP contribution in [0.5, 0.6) is 0 Å². The minimum Gasteiger partial charge on any atom is -0.340 e. The second-order valence-corrected chi connectivity index (χ2v) is 6.59. The molecule has 0 saturated heterocycles. The first-order valence-electron chi connectivity index (χ1n) is 7.91. The molecule has 2 aromatic rings. The van der Waals surface area contributed by atoms with Crippen LogP contribution in [0.25, 0.3) is 0 Å². The van der Waals surface area contributed by atoms with E-state index in [4.69, 9.17) is 11.6 Å². The lowest BCUT2D eigenvalue weighted by atomic mass is 10.0. The molecule has 0 radical (unpaired) electrons. The van der Waals surface area contributed by atoms with E-state index in [2.05, 4.69) is 10.6 Å². The molecule has 0 aliphatic rings. The van der Waals surface area contributed by atoms with E-state index in [0.29, 0.717) is 5.56 Å². The summed E-state index contributed by atoms with van der Waals surface area (Å²) in [5.41, 5.74) is 1.79. The van der Waals surface area contributed by atoms with Gasteiger partial charge in [0.05, 0.1) is 5.02 Å². The van der Waals surface area contributed by atoms with E-state index in [1.54, 1.807) is 12.1 Å². The monoisotopic (exact) mass is 362 g/mol. The highest BCUT2D eigenvalue weighted by Crippen LogP contribution is 2.19. The number of rotatable bonds is 5. The third kappa shape index (κ3) is 5.03. The highest BCUT2D eigenvalue weighted by atomic mass is 35.5. The van der Waals surface area contributed by atoms with E-state index in [0.717, 1.165) is 11.6 Å². The summed E-state index contributed by atoms with van der Waals surface area (Å²) in [4.78, 5) is 24.8. The van der Waals surface area contributed by atoms with Gasteiger partial charge in [0.15, 0.2) is 0 Å². The van der Waals surface area contributed by atoms with Gasteiger partial charge in [-0.25, -0.2) is 4.39 Å². The van der Waals surface area contributed by atoms with Crippen molar-refractivity contribution >= 4 is 29.1 Å². The van der Waals surface area contributed by atoms with Gasteiger partial charge in [0, 0.05) is 11.3 Å². The van der Waals surface area contributed by atoms with Gasteiger partial charge in [-0.05, 0) is 43.2 Å². The van der Waals surface area contributed by atoms with Crippen molar-refractivity contribution in [2.75, 3.05) is 5.32 Å². The summed E-state index contributed by atoms with van der Waals surface area (Å²) in [6.45, 7) is 5.57. The molecule has 0 bridgehead atoms. The maximum Gasteiger partial charge on any atom is 0.251 e. The molecular weight excluding hydrogens is 343 g/mol. The molecule has 132 valence electrons. The first kappa shape index (κ1) is 18.9. The number of benzene rings is 2. The molecule has 0 heterocycles. The Morgan fingerprint density at radius 2 is 1.72 bits per heavy atom. The molecule has 1 atom stereocenters. The number of amides is 2. The summed E-state index contributed by atoms with van der Waals surface area (Å²) in [6, 6.07) is 10.3. The van der Waals surface area contributed by atoms with Gasteiger partial charge in [-0.1, -0.05) is 43.1 Å². The summed E-state index contributed by atoms with van der Waals surface area (Å²) in [6.07, 6.45) is 0. The summed E-state index contributed by atoms with van der Waals surface area (Å²) in [5.74, 6) is -1.52. The maximum absolute atomic E-state index is 13.5. The fourth-order valence-electron chi connectivity index (χ4n) is 2.26. The lowest BCUT2D eigenvalue weighted by molar-refractivity contribution is -0.118. The topological polar surface area (TPSA) is 58.2 Å². The van der Waals surface area contributed by atoms with Gasteiger partial charge in [-0.3, -0.25) is 9.59 Å². The molecule has 0 saturated carbocycles. The summed E-state index contributed by atoms with van der Waals surface area (Å²) < 4.78 is 13.5. The Morgan fingerprint density at radius 3 is 2.28 bits per heavy atom. The highest BCUT2D eigenvalue weighted by molar-refractivity contribution is 6.30. The Kier molecular flexibility index (Phi) is 6.15. The number of nitrogens with one attached hydrogen (secondary N) is 2. The molecule has 0 aromatic heterocycles. The van der Waals surface area contributed by atoms with E-state index in [1.807, 2.05) is 32.9 Å². The van der Waals surface area contributed by atoms with Crippen LogP contribution in [-0.2, 0) is 4.79 Å². The molecule has 4 nitrogen and oxygen atoms in total. The smallest absolute Gasteiger partial charge is 0.251 e. The molecule has 0 aliphatic carbocycles. The van der Waals surface area contributed by atoms with Gasteiger partial charge < -0.3 is 10.6 Å². The van der Waals surface area contributed by atoms with Crippen LogP contribution in [0.15, 0.2) is 42.5 Å². The number of hydrogen-bond acceptors (Lipinski definition) is 2. The van der Waals surface area contributed by atoms with Crippen molar-refractivity contribution in [1.82, 2.24) is 5.32 Å². The average Bonchev–Trinajstić information content (AvgIpc) is 2.56. The normalized spacial score (nSPS) is 11.9. The fourth-order valence-corrected chi connectivity index (χ4v) is 2.38. The predicted molar refractivity (Wildman–Crippen MR) is 97.3 cm³/mol. The van der Waals surface area contributed by atoms with Gasteiger partial charge >= 0.3 is 0 Å². The number of halogens is 2. The number of anilines is 1. The van der Waals surface area contributed by atoms with Crippen LogP contribution in [0.3, 0.4) is 0 Å². The molecule has 25 heavy (non-hydrogen) atoms. The second kappa shape index (κ2) is 8.12. The molecule has 1 unspecified atom stereocenters. The van der Waals surface area contributed by atoms with E-state index in [1.165, 1.54) is 12.1 Å². The van der Waals surface area contributed by atoms with Crippen LogP contribution >= 0.6 is 11.6 Å². The summed E-state index contributed by atoms with van der Waals surface area (Å²) in [7, 11) is 0. The Morgan fingerprint density at radius 1 is 1.08 bits per heavy atom. The standard InChI is InChI=1S/C19H20ClFN2O2/c1-11(2)17(23-18(24)13-6-4-12(3)5-7-13)19(25)22-14-8-9-15(20)16(21)10-14/h4-11,17H,1-3H3,(H,22,25)(H,23,24). The summed E-state index contributed by atoms with van der Waals surface area (Å²) >= 11 is 5.63. The Balaban J connectivity index is 2.11. The van der Waals surface area contributed by atoms with Crippen LogP contribution in [0.2, 0.25) is 5.02 Å². The summed E-state index contributed by atoms with van der Waals surface area (Å²) in [5, 5.41) is 5.31. The quantitative estimate of drug-likeness (QED) is 0.838. The first-order chi connectivity index (χ1) is 11.8. The largest absolute Gasteiger partial charge is 0.340 e. The molecule has 6 heteroatoms. The van der Waals surface area contributed by atoms with Crippen LogP contribution in [0.1, 0.15) is 29.8 Å². The SMILES string of the molecule is Cc1ccc(C(=O)NC(C(=O)Nc2ccc(Cl)c(F)c2)C(C)C)cc1. The number of hydrogen-bond donors (Lipinski definition) is 2. The van der Waals surface area contributed by atoms with Crippen molar-refractivity contribution in [2.45, 2.75) is 26.8 Å². The molecule has 0 spiro atoms. The van der Waals surface area contributed by atoms with Crippen molar-refractivity contribution < 1.29 is 14.0 Å². The maximum atomic E-state index is 13.5. The third-order valence-corrected chi connectivity index (χ3v) is 4.04. The van der Waals surface area contributed by atoms with Crippen molar-refractivity contribution in [3.05, 3.63) is 64.4 Å². The van der Waals surface area contributed by atoms with E-state index >= 15 is 0 Å². The molecule has 2 N–H and O–H groups in total. The first-order valence-corrected chi connectivity index (χ1v) is 8.29. The van der Waals surface area contributed by atoms with E-state index in [9.17, 15) is 14.0 Å². The van der Waals surface area contributed by atoms with Gasteiger partial charge in [-0.2, -0.15) is 0 Å². The zero-order chi connectivity index (χ0) is 18.6. The van der Waals surface area contributed by atoms with Crippen LogP contribution in [0, 0.1) is 18.7 Å². The molecular formula is C19H20ClFN2O2. The average molecular weight is 363 g/mol. The van der Waals surface area contributed by atoms with Crippen molar-refractivity contribution in [2.24, 2.45) is 5.92 Å². The van der Waals surface area contributed by atoms with Crippen molar-refractivity contribution in [3.63, 3.8) is 0 Å². The van der Waals surface area contributed by atoms with Crippen molar-refractivity contribution in [1.29, 1.82) is 0 Å². The van der Waals surface area contributed by atoms with E-state index < -0.39 is 17.8 Å². The minimum absolute atomic E-state index is 0.0221. The third-order valence-electron chi connectivity index (χ3n) is 3.74. The van der Waals surface area contributed by atoms with Gasteiger partial charge in [0.25, 0.3) is 5.91 Å². The zero-order valence-corrected chi connectivity index (χ0v) is 15.0. The minimum atomic E-state index is -0.757. The lowest BCUT2D eigenvalue weighted by Crippen LogP contribution is -2.47. The van der Waals surface area contributed by atoms with Crippen LogP contribution < -0.4 is 10.6 Å². The number of carbonyl (C=O) groups is 2. The molecule has 2 aromatic carbocycles. The zero-order valence-electron chi connectivity index (χ0n) is 14.3. The molecule has 2 amide bonds. The fraction of sp³-hybridized carbons (Fsp3) is 0.263. The van der Waals surface area contributed by atoms with Gasteiger partial charge in [0.2, 0.25) is 5.91 Å². The molecule has 0 aliphatic heterocycles. The Labute approximate surface area is 151 Å². The molecule has 2 rings (SSSR count). The molecule has 0 fully saturated rings. The Hall–Kier alpha value is -2.40. The predicted octanol–water partition coefficient (Wildman–Crippen LogP) is 4.18. The van der Waals surface area contributed by atoms with Crippen LogP contribution in [0.4, 0.5) is 10.1 Å². The number of aryl methyl sites for hydroxylation is 1. The highest BCUT2D eigenvalue weighted by Gasteiger charge is 2.25. The van der Waals surface area contributed by atoms with E-state index in [-0.39, 0.29) is 22.5 Å². The van der Waals surface area contributed by atoms with Gasteiger partial charge in [-0.15, -0.1) is 0 Å². The van der Waals surface area contributed by atoms with Crippen molar-refractivity contribution in [3.8, 4) is 0 Å². The van der Waals surface area contributed by atoms with Gasteiger partial charge in [0.1, 0.15) is 11.9 Å². The number of carbonyl (C=O) groups excluding carboxylic acids is 2. The van der Waals surface area contributed by atoms with Crippen LogP contribution in [-0.4, -0.2) is 17.9 Å². The lowest BCUT2D eigenvalue weighted by Gasteiger charge is -2.22. The Bertz CT molecular complexity index is 775.